The minimum Gasteiger partial charge on any atom is -0.492 e. The number of hydrogen-bond acceptors (Lipinski definition) is 7. The normalized spacial score (nSPS) is 11.6. The predicted octanol–water partition coefficient (Wildman–Crippen LogP) is 2.49. The highest BCUT2D eigenvalue weighted by molar-refractivity contribution is 5.58. The van der Waals surface area contributed by atoms with Crippen LogP contribution in [-0.2, 0) is 6.61 Å². The minimum absolute atomic E-state index is 0.0977. The summed E-state index contributed by atoms with van der Waals surface area (Å²) < 4.78 is 10.8. The van der Waals surface area contributed by atoms with Crippen molar-refractivity contribution in [3.8, 4) is 11.5 Å². The van der Waals surface area contributed by atoms with Crippen LogP contribution >= 0.6 is 0 Å². The number of nitro groups is 2. The van der Waals surface area contributed by atoms with Crippen LogP contribution < -0.4 is 9.47 Å². The number of nitrogens with zero attached hydrogens (tertiary/aromatic N) is 2. The molecule has 0 heterocycles. The van der Waals surface area contributed by atoms with Gasteiger partial charge in [-0.2, -0.15) is 0 Å². The number of ether oxygens (including phenoxy) is 2. The molecule has 9 heteroatoms. The van der Waals surface area contributed by atoms with Gasteiger partial charge in [0.15, 0.2) is 17.6 Å². The zero-order valence-electron chi connectivity index (χ0n) is 13.3. The van der Waals surface area contributed by atoms with Gasteiger partial charge in [0.05, 0.1) is 12.0 Å². The molecule has 2 aromatic carbocycles. The summed E-state index contributed by atoms with van der Waals surface area (Å²) in [5, 5.41) is 31.9. The fraction of sp³-hybridized carbons (Fsp3) is 0.250. The van der Waals surface area contributed by atoms with Crippen LogP contribution in [0.1, 0.15) is 17.2 Å². The van der Waals surface area contributed by atoms with Crippen molar-refractivity contribution in [2.45, 2.75) is 12.7 Å². The summed E-state index contributed by atoms with van der Waals surface area (Å²) in [4.78, 5) is 20.4. The largest absolute Gasteiger partial charge is 0.492 e. The molecule has 2 rings (SSSR count). The van der Waals surface area contributed by atoms with Crippen LogP contribution in [0.5, 0.6) is 11.5 Å². The molecule has 25 heavy (non-hydrogen) atoms. The van der Waals surface area contributed by atoms with Crippen LogP contribution in [-0.4, -0.2) is 28.6 Å². The van der Waals surface area contributed by atoms with E-state index in [-0.39, 0.29) is 23.7 Å². The van der Waals surface area contributed by atoms with E-state index in [0.29, 0.717) is 0 Å². The van der Waals surface area contributed by atoms with Gasteiger partial charge in [0.25, 0.3) is 5.69 Å². The van der Waals surface area contributed by atoms with E-state index in [9.17, 15) is 25.3 Å². The molecule has 1 unspecified atom stereocenters. The lowest BCUT2D eigenvalue weighted by molar-refractivity contribution is -0.492. The standard InChI is InChI=1S/C16H16N2O7/c1-24-16-14(25-10-11-5-3-2-4-6-11)8-7-12(18(22)23)15(16)13(19)9-17(20)21/h2-8,13,19H,9-10H2,1H3. The van der Waals surface area contributed by atoms with Crippen molar-refractivity contribution in [1.82, 2.24) is 0 Å². The SMILES string of the molecule is COc1c(OCc2ccccc2)ccc([N+](=O)[O-])c1C(O)C[N+](=O)[O-]. The highest BCUT2D eigenvalue weighted by Crippen LogP contribution is 2.41. The molecule has 0 radical (unpaired) electrons. The highest BCUT2D eigenvalue weighted by Gasteiger charge is 2.31. The Morgan fingerprint density at radius 3 is 2.36 bits per heavy atom. The maximum atomic E-state index is 11.2. The van der Waals surface area contributed by atoms with Crippen LogP contribution in [0.25, 0.3) is 0 Å². The molecule has 0 amide bonds. The van der Waals surface area contributed by atoms with Crippen molar-refractivity contribution in [1.29, 1.82) is 0 Å². The average molecular weight is 348 g/mol. The van der Waals surface area contributed by atoms with Gasteiger partial charge in [0.2, 0.25) is 6.54 Å². The predicted molar refractivity (Wildman–Crippen MR) is 87.2 cm³/mol. The van der Waals surface area contributed by atoms with E-state index >= 15 is 0 Å². The van der Waals surface area contributed by atoms with Crippen molar-refractivity contribution < 1.29 is 24.4 Å². The summed E-state index contributed by atoms with van der Waals surface area (Å²) in [6.07, 6.45) is -1.70. The first kappa shape index (κ1) is 18.1. The van der Waals surface area contributed by atoms with Crippen molar-refractivity contribution in [3.63, 3.8) is 0 Å². The van der Waals surface area contributed by atoms with Crippen molar-refractivity contribution in [2.24, 2.45) is 0 Å². The van der Waals surface area contributed by atoms with E-state index in [1.54, 1.807) is 0 Å². The van der Waals surface area contributed by atoms with Crippen LogP contribution in [0.4, 0.5) is 5.69 Å². The molecule has 0 saturated heterocycles. The second kappa shape index (κ2) is 8.06. The Hall–Kier alpha value is -3.20. The van der Waals surface area contributed by atoms with E-state index < -0.39 is 28.2 Å². The third kappa shape index (κ3) is 4.42. The summed E-state index contributed by atoms with van der Waals surface area (Å²) in [7, 11) is 1.25. The van der Waals surface area contributed by atoms with Crippen LogP contribution in [0, 0.1) is 20.2 Å². The fourth-order valence-corrected chi connectivity index (χ4v) is 2.34. The number of nitro benzene ring substituents is 1. The maximum absolute atomic E-state index is 11.2. The molecule has 0 bridgehead atoms. The first-order valence-electron chi connectivity index (χ1n) is 7.26. The summed E-state index contributed by atoms with van der Waals surface area (Å²) in [6.45, 7) is -0.723. The van der Waals surface area contributed by atoms with Gasteiger partial charge in [-0.3, -0.25) is 20.2 Å². The quantitative estimate of drug-likeness (QED) is 0.574. The van der Waals surface area contributed by atoms with Gasteiger partial charge >= 0.3 is 0 Å². The van der Waals surface area contributed by atoms with Crippen LogP contribution in [0.15, 0.2) is 42.5 Å². The molecule has 0 fully saturated rings. The number of hydrogen-bond donors (Lipinski definition) is 1. The second-order valence-corrected chi connectivity index (χ2v) is 5.09. The number of benzene rings is 2. The number of aliphatic hydroxyl groups is 1. The zero-order valence-corrected chi connectivity index (χ0v) is 13.3. The second-order valence-electron chi connectivity index (χ2n) is 5.09. The summed E-state index contributed by atoms with van der Waals surface area (Å²) in [5.74, 6) is 0.0498. The Morgan fingerprint density at radius 1 is 1.12 bits per heavy atom. The van der Waals surface area contributed by atoms with Crippen LogP contribution in [0.3, 0.4) is 0 Å². The number of rotatable bonds is 8. The van der Waals surface area contributed by atoms with Crippen molar-refractivity contribution >= 4 is 5.69 Å². The highest BCUT2D eigenvalue weighted by atomic mass is 16.6. The van der Waals surface area contributed by atoms with Gasteiger partial charge in [0.1, 0.15) is 12.2 Å². The topological polar surface area (TPSA) is 125 Å². The maximum Gasteiger partial charge on any atom is 0.279 e. The molecule has 9 nitrogen and oxygen atoms in total. The van der Waals surface area contributed by atoms with Gasteiger partial charge in [-0.15, -0.1) is 0 Å². The van der Waals surface area contributed by atoms with E-state index in [1.165, 1.54) is 13.2 Å². The summed E-state index contributed by atoms with van der Waals surface area (Å²) in [5.41, 5.74) is 0.100. The van der Waals surface area contributed by atoms with Gasteiger partial charge in [0, 0.05) is 11.0 Å². The van der Waals surface area contributed by atoms with E-state index in [0.717, 1.165) is 11.6 Å². The molecule has 0 aromatic heterocycles. The molecular weight excluding hydrogens is 332 g/mol. The Kier molecular flexibility index (Phi) is 5.85. The molecule has 1 N–H and O–H groups in total. The first-order valence-corrected chi connectivity index (χ1v) is 7.26. The molecule has 2 aromatic rings. The number of aliphatic hydroxyl groups excluding tert-OH is 1. The Balaban J connectivity index is 2.40. The molecule has 0 aliphatic rings. The Labute approximate surface area is 142 Å². The lowest BCUT2D eigenvalue weighted by Crippen LogP contribution is -2.15. The molecule has 0 aliphatic heterocycles. The van der Waals surface area contributed by atoms with Gasteiger partial charge < -0.3 is 14.6 Å². The van der Waals surface area contributed by atoms with Gasteiger partial charge in [-0.25, -0.2) is 0 Å². The third-order valence-electron chi connectivity index (χ3n) is 3.43. The Bertz CT molecular complexity index is 765. The molecule has 0 spiro atoms. The van der Waals surface area contributed by atoms with Crippen LogP contribution in [0.2, 0.25) is 0 Å². The lowest BCUT2D eigenvalue weighted by Gasteiger charge is -2.16. The fourth-order valence-electron chi connectivity index (χ4n) is 2.34. The molecule has 0 saturated carbocycles. The third-order valence-corrected chi connectivity index (χ3v) is 3.43. The smallest absolute Gasteiger partial charge is 0.279 e. The van der Waals surface area contributed by atoms with E-state index in [1.807, 2.05) is 30.3 Å². The average Bonchev–Trinajstić information content (AvgIpc) is 2.59. The molecule has 132 valence electrons. The monoisotopic (exact) mass is 348 g/mol. The van der Waals surface area contributed by atoms with Crippen molar-refractivity contribution in [3.05, 3.63) is 73.8 Å². The summed E-state index contributed by atoms with van der Waals surface area (Å²) >= 11 is 0. The van der Waals surface area contributed by atoms with E-state index in [2.05, 4.69) is 0 Å². The Morgan fingerprint density at radius 2 is 1.80 bits per heavy atom. The molecule has 1 atom stereocenters. The van der Waals surface area contributed by atoms with Gasteiger partial charge in [-0.1, -0.05) is 30.3 Å². The molecule has 0 aliphatic carbocycles. The van der Waals surface area contributed by atoms with E-state index in [4.69, 9.17) is 9.47 Å². The number of methoxy groups -OCH3 is 1. The summed E-state index contributed by atoms with van der Waals surface area (Å²) in [6, 6.07) is 11.6. The molecular formula is C16H16N2O7. The zero-order chi connectivity index (χ0) is 18.4. The van der Waals surface area contributed by atoms with Gasteiger partial charge in [-0.05, 0) is 11.6 Å². The minimum atomic E-state index is -1.70. The first-order chi connectivity index (χ1) is 11.9. The van der Waals surface area contributed by atoms with Crippen molar-refractivity contribution in [2.75, 3.05) is 13.7 Å². The lowest BCUT2D eigenvalue weighted by atomic mass is 10.0.